The van der Waals surface area contributed by atoms with Crippen LogP contribution in [-0.2, 0) is 19.1 Å². The first kappa shape index (κ1) is 24.6. The number of benzene rings is 2. The molecule has 2 aromatic carbocycles. The number of amides is 1. The third kappa shape index (κ3) is 4.35. The molecular weight excluding hydrogens is 489 g/mol. The number of nitrogens with zero attached hydrogens (tertiary/aromatic N) is 3. The summed E-state index contributed by atoms with van der Waals surface area (Å²) >= 11 is 0. The Bertz CT molecular complexity index is 1540. The number of nitrogens with one attached hydrogen (secondary N) is 1. The SMILES string of the molecule is Cn1c(-c2ccc([C@]3(NC(=O)O)C[C@H](O)C3)cc2)c(-c2ccccc2)c2c(=O)n(CC(F)(F)F)cnc21. The van der Waals surface area contributed by atoms with Gasteiger partial charge in [-0.3, -0.25) is 9.36 Å². The summed E-state index contributed by atoms with van der Waals surface area (Å²) < 4.78 is 41.6. The average molecular weight is 512 g/mol. The summed E-state index contributed by atoms with van der Waals surface area (Å²) in [6, 6.07) is 15.9. The van der Waals surface area contributed by atoms with Crippen molar-refractivity contribution in [2.75, 3.05) is 0 Å². The van der Waals surface area contributed by atoms with Gasteiger partial charge in [-0.25, -0.2) is 9.78 Å². The first-order chi connectivity index (χ1) is 17.5. The lowest BCUT2D eigenvalue weighted by Crippen LogP contribution is -2.56. The number of aromatic nitrogens is 3. The first-order valence-corrected chi connectivity index (χ1v) is 11.5. The molecular formula is C26H23F3N4O4. The molecule has 1 saturated carbocycles. The van der Waals surface area contributed by atoms with E-state index < -0.39 is 36.0 Å². The minimum absolute atomic E-state index is 0.0747. The predicted molar refractivity (Wildman–Crippen MR) is 130 cm³/mol. The molecule has 0 saturated heterocycles. The van der Waals surface area contributed by atoms with Crippen molar-refractivity contribution < 1.29 is 28.2 Å². The van der Waals surface area contributed by atoms with Gasteiger partial charge in [0.25, 0.3) is 5.56 Å². The van der Waals surface area contributed by atoms with Gasteiger partial charge in [-0.15, -0.1) is 0 Å². The van der Waals surface area contributed by atoms with E-state index in [-0.39, 0.29) is 23.9 Å². The van der Waals surface area contributed by atoms with E-state index in [1.54, 1.807) is 66.2 Å². The molecule has 37 heavy (non-hydrogen) atoms. The molecule has 8 nitrogen and oxygen atoms in total. The summed E-state index contributed by atoms with van der Waals surface area (Å²) in [5.74, 6) is 0. The second kappa shape index (κ2) is 8.77. The van der Waals surface area contributed by atoms with Crippen LogP contribution in [0.4, 0.5) is 18.0 Å². The van der Waals surface area contributed by atoms with Gasteiger partial charge in [0.1, 0.15) is 18.5 Å². The number of alkyl halides is 3. The minimum Gasteiger partial charge on any atom is -0.465 e. The maximum Gasteiger partial charge on any atom is 0.406 e. The Morgan fingerprint density at radius 2 is 1.76 bits per heavy atom. The van der Waals surface area contributed by atoms with Crippen molar-refractivity contribution >= 4 is 17.1 Å². The number of rotatable bonds is 5. The number of hydrogen-bond donors (Lipinski definition) is 3. The Morgan fingerprint density at radius 3 is 2.32 bits per heavy atom. The molecule has 0 unspecified atom stereocenters. The van der Waals surface area contributed by atoms with Crippen LogP contribution in [-0.4, -0.2) is 42.7 Å². The molecule has 0 spiro atoms. The van der Waals surface area contributed by atoms with Crippen molar-refractivity contribution in [2.24, 2.45) is 7.05 Å². The van der Waals surface area contributed by atoms with Gasteiger partial charge in [0.05, 0.1) is 22.7 Å². The number of hydrogen-bond acceptors (Lipinski definition) is 4. The topological polar surface area (TPSA) is 109 Å². The van der Waals surface area contributed by atoms with Crippen molar-refractivity contribution in [2.45, 2.75) is 37.2 Å². The largest absolute Gasteiger partial charge is 0.465 e. The van der Waals surface area contributed by atoms with E-state index in [1.165, 1.54) is 0 Å². The van der Waals surface area contributed by atoms with Crippen LogP contribution in [0.25, 0.3) is 33.4 Å². The zero-order chi connectivity index (χ0) is 26.5. The molecule has 1 fully saturated rings. The molecule has 3 N–H and O–H groups in total. The van der Waals surface area contributed by atoms with E-state index in [9.17, 15) is 33.0 Å². The van der Waals surface area contributed by atoms with Gasteiger partial charge in [-0.1, -0.05) is 54.6 Å². The molecule has 2 heterocycles. The highest BCUT2D eigenvalue weighted by Gasteiger charge is 2.46. The number of carboxylic acid groups (broad SMARTS) is 1. The number of carbonyl (C=O) groups is 1. The number of halogens is 3. The normalized spacial score (nSPS) is 19.5. The predicted octanol–water partition coefficient (Wildman–Crippen LogP) is 4.25. The van der Waals surface area contributed by atoms with E-state index in [1.807, 2.05) is 0 Å². The van der Waals surface area contributed by atoms with Crippen LogP contribution in [0.1, 0.15) is 18.4 Å². The molecule has 0 radical (unpaired) electrons. The van der Waals surface area contributed by atoms with Crippen LogP contribution in [0.5, 0.6) is 0 Å². The summed E-state index contributed by atoms with van der Waals surface area (Å²) in [7, 11) is 1.69. The fourth-order valence-electron chi connectivity index (χ4n) is 5.18. The average Bonchev–Trinajstić information content (AvgIpc) is 3.12. The molecule has 1 amide bonds. The zero-order valence-electron chi connectivity index (χ0n) is 19.7. The van der Waals surface area contributed by atoms with Crippen molar-refractivity contribution in [1.29, 1.82) is 0 Å². The third-order valence-electron chi connectivity index (χ3n) is 6.80. The molecule has 0 bridgehead atoms. The van der Waals surface area contributed by atoms with Gasteiger partial charge >= 0.3 is 12.3 Å². The molecule has 0 aliphatic heterocycles. The molecule has 5 rings (SSSR count). The van der Waals surface area contributed by atoms with E-state index in [2.05, 4.69) is 10.3 Å². The van der Waals surface area contributed by atoms with Gasteiger partial charge in [0.2, 0.25) is 0 Å². The Morgan fingerprint density at radius 1 is 1.11 bits per heavy atom. The van der Waals surface area contributed by atoms with Crippen molar-refractivity contribution in [3.8, 4) is 22.4 Å². The molecule has 1 aliphatic rings. The standard InChI is InChI=1S/C26H23F3N4O4/c1-32-21(16-7-9-17(10-8-16)25(31-24(36)37)11-18(34)12-25)19(15-5-3-2-4-6-15)20-22(32)30-14-33(23(20)35)13-26(27,28)29/h2-10,14,18,31,34H,11-13H2,1H3,(H,36,37)/t18-,25-. The lowest BCUT2D eigenvalue weighted by atomic mass is 9.69. The summed E-state index contributed by atoms with van der Waals surface area (Å²) in [5.41, 5.74) is 1.55. The first-order valence-electron chi connectivity index (χ1n) is 11.5. The van der Waals surface area contributed by atoms with Crippen molar-refractivity contribution in [3.05, 3.63) is 76.8 Å². The minimum atomic E-state index is -4.59. The summed E-state index contributed by atoms with van der Waals surface area (Å²) in [4.78, 5) is 28.8. The lowest BCUT2D eigenvalue weighted by molar-refractivity contribution is -0.141. The second-order valence-electron chi connectivity index (χ2n) is 9.29. The van der Waals surface area contributed by atoms with E-state index >= 15 is 0 Å². The number of aliphatic hydroxyl groups is 1. The summed E-state index contributed by atoms with van der Waals surface area (Å²) in [6.45, 7) is -1.45. The maximum absolute atomic E-state index is 13.3. The van der Waals surface area contributed by atoms with E-state index in [4.69, 9.17) is 0 Å². The van der Waals surface area contributed by atoms with Gasteiger partial charge in [-0.05, 0) is 16.7 Å². The second-order valence-corrected chi connectivity index (χ2v) is 9.29. The van der Waals surface area contributed by atoms with Crippen LogP contribution < -0.4 is 10.9 Å². The molecule has 4 aromatic rings. The molecule has 1 aliphatic carbocycles. The summed E-state index contributed by atoms with van der Waals surface area (Å²) in [6.07, 6.45) is -5.01. The Labute approximate surface area is 208 Å². The Balaban J connectivity index is 1.69. The highest BCUT2D eigenvalue weighted by atomic mass is 19.4. The third-order valence-corrected chi connectivity index (χ3v) is 6.80. The highest BCUT2D eigenvalue weighted by molar-refractivity contribution is 6.02. The zero-order valence-corrected chi connectivity index (χ0v) is 19.7. The van der Waals surface area contributed by atoms with Gasteiger partial charge in [-0.2, -0.15) is 13.2 Å². The number of aliphatic hydroxyl groups excluding tert-OH is 1. The smallest absolute Gasteiger partial charge is 0.406 e. The van der Waals surface area contributed by atoms with Crippen molar-refractivity contribution in [1.82, 2.24) is 19.4 Å². The monoisotopic (exact) mass is 512 g/mol. The number of fused-ring (bicyclic) bond motifs is 1. The quantitative estimate of drug-likeness (QED) is 0.371. The van der Waals surface area contributed by atoms with Gasteiger partial charge in [0.15, 0.2) is 0 Å². The molecule has 0 atom stereocenters. The van der Waals surface area contributed by atoms with Gasteiger partial charge in [0, 0.05) is 25.5 Å². The molecule has 11 heteroatoms. The lowest BCUT2D eigenvalue weighted by Gasteiger charge is -2.45. The fourth-order valence-corrected chi connectivity index (χ4v) is 5.18. The number of aryl methyl sites for hydroxylation is 1. The Hall–Kier alpha value is -4.12. The van der Waals surface area contributed by atoms with Crippen LogP contribution in [0.15, 0.2) is 65.7 Å². The fraction of sp³-hybridized carbons (Fsp3) is 0.269. The van der Waals surface area contributed by atoms with Crippen LogP contribution in [0.3, 0.4) is 0 Å². The van der Waals surface area contributed by atoms with Crippen LogP contribution in [0.2, 0.25) is 0 Å². The highest BCUT2D eigenvalue weighted by Crippen LogP contribution is 2.43. The maximum atomic E-state index is 13.3. The Kier molecular flexibility index (Phi) is 5.82. The van der Waals surface area contributed by atoms with Crippen molar-refractivity contribution in [3.63, 3.8) is 0 Å². The van der Waals surface area contributed by atoms with Crippen LogP contribution >= 0.6 is 0 Å². The van der Waals surface area contributed by atoms with Crippen LogP contribution in [0, 0.1) is 0 Å². The molecule has 2 aromatic heterocycles. The molecule has 192 valence electrons. The van der Waals surface area contributed by atoms with E-state index in [0.717, 1.165) is 6.33 Å². The van der Waals surface area contributed by atoms with Gasteiger partial charge < -0.3 is 20.1 Å². The van der Waals surface area contributed by atoms with E-state index in [0.29, 0.717) is 32.5 Å². The summed E-state index contributed by atoms with van der Waals surface area (Å²) in [5, 5.41) is 21.7.